The van der Waals surface area contributed by atoms with Crippen LogP contribution in [0.3, 0.4) is 0 Å². The molecule has 1 unspecified atom stereocenters. The van der Waals surface area contributed by atoms with Gasteiger partial charge < -0.3 is 10.6 Å². The molecule has 1 amide bonds. The third kappa shape index (κ3) is 4.53. The lowest BCUT2D eigenvalue weighted by Crippen LogP contribution is -2.49. The van der Waals surface area contributed by atoms with Crippen molar-refractivity contribution in [1.82, 2.24) is 20.4 Å². The molecule has 6 heteroatoms. The molecule has 0 aromatic heterocycles. The Labute approximate surface area is 143 Å². The van der Waals surface area contributed by atoms with Crippen LogP contribution in [0.1, 0.15) is 17.5 Å². The van der Waals surface area contributed by atoms with Crippen LogP contribution < -0.4 is 10.6 Å². The second-order valence-corrected chi connectivity index (χ2v) is 6.82. The number of nitrogens with zero attached hydrogens (tertiary/aromatic N) is 2. The van der Waals surface area contributed by atoms with Crippen molar-refractivity contribution in [3.63, 3.8) is 0 Å². The highest BCUT2D eigenvalue weighted by Gasteiger charge is 2.29. The van der Waals surface area contributed by atoms with Crippen molar-refractivity contribution in [1.29, 1.82) is 0 Å². The largest absolute Gasteiger partial charge is 0.351 e. The average molecular weight is 334 g/mol. The summed E-state index contributed by atoms with van der Waals surface area (Å²) >= 11 is 0. The Morgan fingerprint density at radius 2 is 2.12 bits per heavy atom. The summed E-state index contributed by atoms with van der Waals surface area (Å²) in [6, 6.07) is 5.67. The van der Waals surface area contributed by atoms with E-state index in [-0.39, 0.29) is 11.7 Å². The van der Waals surface area contributed by atoms with Gasteiger partial charge in [0.25, 0.3) is 0 Å². The fourth-order valence-electron chi connectivity index (χ4n) is 3.51. The molecule has 3 rings (SSSR count). The molecule has 1 aromatic carbocycles. The Morgan fingerprint density at radius 3 is 2.88 bits per heavy atom. The fraction of sp³-hybridized carbons (Fsp3) is 0.611. The molecule has 24 heavy (non-hydrogen) atoms. The predicted molar refractivity (Wildman–Crippen MR) is 92.3 cm³/mol. The molecule has 2 aliphatic rings. The minimum atomic E-state index is -0.222. The molecular weight excluding hydrogens is 307 g/mol. The number of likely N-dealkylation sites (tertiary alicyclic amines) is 1. The Kier molecular flexibility index (Phi) is 5.81. The summed E-state index contributed by atoms with van der Waals surface area (Å²) in [7, 11) is 0. The molecular formula is C18H27FN4O. The Bertz CT molecular complexity index is 574. The summed E-state index contributed by atoms with van der Waals surface area (Å²) < 4.78 is 13.5. The molecule has 2 N–H and O–H groups in total. The Morgan fingerprint density at radius 1 is 1.33 bits per heavy atom. The molecule has 1 atom stereocenters. The normalized spacial score (nSPS) is 22.7. The smallest absolute Gasteiger partial charge is 0.234 e. The lowest BCUT2D eigenvalue weighted by Gasteiger charge is -2.32. The maximum absolute atomic E-state index is 13.5. The van der Waals surface area contributed by atoms with Crippen molar-refractivity contribution < 1.29 is 9.18 Å². The molecule has 1 aromatic rings. The molecule has 0 spiro atoms. The first-order chi connectivity index (χ1) is 11.6. The van der Waals surface area contributed by atoms with Crippen molar-refractivity contribution in [3.8, 4) is 0 Å². The molecule has 2 aliphatic heterocycles. The summed E-state index contributed by atoms with van der Waals surface area (Å²) in [5, 5.41) is 6.27. The van der Waals surface area contributed by atoms with Gasteiger partial charge in [0.15, 0.2) is 0 Å². The first kappa shape index (κ1) is 17.3. The first-order valence-electron chi connectivity index (χ1n) is 8.80. The van der Waals surface area contributed by atoms with Gasteiger partial charge in [-0.3, -0.25) is 14.6 Å². The number of amides is 1. The van der Waals surface area contributed by atoms with Gasteiger partial charge in [-0.25, -0.2) is 4.39 Å². The zero-order valence-corrected chi connectivity index (χ0v) is 14.4. The van der Waals surface area contributed by atoms with E-state index in [9.17, 15) is 9.18 Å². The highest BCUT2D eigenvalue weighted by atomic mass is 19.1. The second kappa shape index (κ2) is 8.05. The van der Waals surface area contributed by atoms with E-state index in [2.05, 4.69) is 20.4 Å². The van der Waals surface area contributed by atoms with E-state index in [1.807, 2.05) is 6.07 Å². The number of halogens is 1. The fourth-order valence-corrected chi connectivity index (χ4v) is 3.51. The van der Waals surface area contributed by atoms with Gasteiger partial charge in [-0.1, -0.05) is 12.1 Å². The average Bonchev–Trinajstić information content (AvgIpc) is 3.05. The number of hydrogen-bond donors (Lipinski definition) is 2. The molecule has 0 aliphatic carbocycles. The third-order valence-corrected chi connectivity index (χ3v) is 5.01. The van der Waals surface area contributed by atoms with E-state index in [1.165, 1.54) is 6.07 Å². The van der Waals surface area contributed by atoms with Crippen LogP contribution in [0, 0.1) is 12.7 Å². The summed E-state index contributed by atoms with van der Waals surface area (Å²) in [6.45, 7) is 8.80. The highest BCUT2D eigenvalue weighted by Crippen LogP contribution is 2.15. The Hall–Kier alpha value is -1.50. The van der Waals surface area contributed by atoms with Crippen LogP contribution in [0.4, 0.5) is 4.39 Å². The maximum atomic E-state index is 13.5. The van der Waals surface area contributed by atoms with E-state index in [0.717, 1.165) is 51.3 Å². The van der Waals surface area contributed by atoms with E-state index in [1.54, 1.807) is 13.0 Å². The molecule has 2 heterocycles. The number of aryl methyl sites for hydroxylation is 1. The van der Waals surface area contributed by atoms with Gasteiger partial charge in [-0.15, -0.1) is 0 Å². The number of hydrogen-bond acceptors (Lipinski definition) is 4. The van der Waals surface area contributed by atoms with E-state index < -0.39 is 0 Å². The summed E-state index contributed by atoms with van der Waals surface area (Å²) in [5.74, 6) is -0.211. The number of rotatable bonds is 5. The lowest BCUT2D eigenvalue weighted by atomic mass is 10.1. The van der Waals surface area contributed by atoms with Crippen LogP contribution in [-0.4, -0.2) is 67.6 Å². The van der Waals surface area contributed by atoms with Crippen LogP contribution in [0.15, 0.2) is 18.2 Å². The van der Waals surface area contributed by atoms with Crippen molar-refractivity contribution in [2.45, 2.75) is 25.9 Å². The van der Waals surface area contributed by atoms with Crippen LogP contribution in [0.5, 0.6) is 0 Å². The van der Waals surface area contributed by atoms with Crippen LogP contribution in [-0.2, 0) is 11.3 Å². The van der Waals surface area contributed by atoms with Gasteiger partial charge in [-0.2, -0.15) is 0 Å². The van der Waals surface area contributed by atoms with Crippen molar-refractivity contribution in [3.05, 3.63) is 35.1 Å². The molecule has 0 saturated carbocycles. The first-order valence-corrected chi connectivity index (χ1v) is 8.80. The quantitative estimate of drug-likeness (QED) is 0.833. The zero-order valence-electron chi connectivity index (χ0n) is 14.4. The van der Waals surface area contributed by atoms with Gasteiger partial charge in [0.1, 0.15) is 5.82 Å². The lowest BCUT2D eigenvalue weighted by molar-refractivity contribution is -0.122. The van der Waals surface area contributed by atoms with Gasteiger partial charge in [0, 0.05) is 51.9 Å². The zero-order chi connectivity index (χ0) is 16.9. The van der Waals surface area contributed by atoms with Crippen molar-refractivity contribution in [2.24, 2.45) is 0 Å². The minimum Gasteiger partial charge on any atom is -0.351 e. The summed E-state index contributed by atoms with van der Waals surface area (Å²) in [5.41, 5.74) is 1.42. The highest BCUT2D eigenvalue weighted by molar-refractivity contribution is 5.78. The number of benzene rings is 1. The number of piperazine rings is 1. The molecule has 0 bridgehead atoms. The van der Waals surface area contributed by atoms with Crippen LogP contribution in [0.25, 0.3) is 0 Å². The maximum Gasteiger partial charge on any atom is 0.234 e. The van der Waals surface area contributed by atoms with Gasteiger partial charge >= 0.3 is 0 Å². The van der Waals surface area contributed by atoms with Crippen LogP contribution in [0.2, 0.25) is 0 Å². The minimum absolute atomic E-state index is 0.0111. The summed E-state index contributed by atoms with van der Waals surface area (Å²) in [4.78, 5) is 16.9. The second-order valence-electron chi connectivity index (χ2n) is 6.82. The van der Waals surface area contributed by atoms with Gasteiger partial charge in [-0.05, 0) is 30.5 Å². The SMILES string of the molecule is Cc1ccc(CNC(=O)CN2CCC(N3CCNCC3)C2)cc1F. The topological polar surface area (TPSA) is 47.6 Å². The molecule has 132 valence electrons. The number of carbonyl (C=O) groups is 1. The monoisotopic (exact) mass is 334 g/mol. The van der Waals surface area contributed by atoms with Crippen molar-refractivity contribution >= 4 is 5.91 Å². The standard InChI is InChI=1S/C18H27FN4O/c1-14-2-3-15(10-17(14)19)11-21-18(24)13-22-7-4-16(12-22)23-8-5-20-6-9-23/h2-3,10,16,20H,4-9,11-13H2,1H3,(H,21,24). The van der Waals surface area contributed by atoms with E-state index in [4.69, 9.17) is 0 Å². The third-order valence-electron chi connectivity index (χ3n) is 5.01. The van der Waals surface area contributed by atoms with Gasteiger partial charge in [0.05, 0.1) is 6.54 Å². The van der Waals surface area contributed by atoms with E-state index >= 15 is 0 Å². The number of nitrogens with one attached hydrogen (secondary N) is 2. The molecule has 0 radical (unpaired) electrons. The molecule has 2 saturated heterocycles. The van der Waals surface area contributed by atoms with Crippen LogP contribution >= 0.6 is 0 Å². The van der Waals surface area contributed by atoms with E-state index in [0.29, 0.717) is 24.7 Å². The molecule has 2 fully saturated rings. The van der Waals surface area contributed by atoms with Crippen molar-refractivity contribution in [2.75, 3.05) is 45.8 Å². The predicted octanol–water partition coefficient (Wildman–Crippen LogP) is 0.730. The molecule has 5 nitrogen and oxygen atoms in total. The summed E-state index contributed by atoms with van der Waals surface area (Å²) in [6.07, 6.45) is 1.14. The van der Waals surface area contributed by atoms with Gasteiger partial charge in [0.2, 0.25) is 5.91 Å². The Balaban J connectivity index is 1.41. The number of carbonyl (C=O) groups excluding carboxylic acids is 1.